The van der Waals surface area contributed by atoms with Crippen LogP contribution in [0.15, 0.2) is 0 Å². The molecule has 4 atom stereocenters. The lowest BCUT2D eigenvalue weighted by molar-refractivity contribution is -0.129. The quantitative estimate of drug-likeness (QED) is 0.778. The minimum absolute atomic E-state index is 0.0353. The minimum atomic E-state index is -0.874. The number of unbranched alkanes of at least 4 members (excludes halogenated alkanes) is 1. The Labute approximate surface area is 107 Å². The average molecular weight is 260 g/mol. The highest BCUT2D eigenvalue weighted by Gasteiger charge is 2.36. The highest BCUT2D eigenvalue weighted by Crippen LogP contribution is 2.16. The molecule has 0 bridgehead atoms. The van der Waals surface area contributed by atoms with Crippen molar-refractivity contribution in [1.29, 1.82) is 0 Å². The number of nitrogens with one attached hydrogen (secondary N) is 1. The topological polar surface area (TPSA) is 49.4 Å². The third-order valence-corrected chi connectivity index (χ3v) is 4.64. The number of rotatable bonds is 6. The summed E-state index contributed by atoms with van der Waals surface area (Å²) in [6.07, 6.45) is 4.84. The van der Waals surface area contributed by atoms with Crippen LogP contribution in [0.5, 0.6) is 0 Å². The number of carbonyl (C=O) groups is 1. The third-order valence-electron chi connectivity index (χ3n) is 3.36. The molecule has 1 amide bonds. The van der Waals surface area contributed by atoms with Crippen molar-refractivity contribution in [2.75, 3.05) is 12.8 Å². The van der Waals surface area contributed by atoms with E-state index in [1.54, 1.807) is 6.26 Å². The summed E-state index contributed by atoms with van der Waals surface area (Å²) in [5, 5.41) is 3.35. The van der Waals surface area contributed by atoms with Gasteiger partial charge in [0.15, 0.2) is 0 Å². The van der Waals surface area contributed by atoms with Gasteiger partial charge in [0, 0.05) is 28.9 Å². The van der Waals surface area contributed by atoms with Crippen LogP contribution in [0.2, 0.25) is 0 Å². The van der Waals surface area contributed by atoms with Gasteiger partial charge in [0.1, 0.15) is 0 Å². The molecule has 0 aromatic carbocycles. The van der Waals surface area contributed by atoms with Crippen LogP contribution in [0.25, 0.3) is 0 Å². The average Bonchev–Trinajstić information content (AvgIpc) is 2.53. The highest BCUT2D eigenvalue weighted by molar-refractivity contribution is 7.84. The maximum atomic E-state index is 12.1. The summed E-state index contributed by atoms with van der Waals surface area (Å²) < 4.78 is 11.4. The molecule has 1 aliphatic rings. The zero-order valence-electron chi connectivity index (χ0n) is 11.2. The van der Waals surface area contributed by atoms with E-state index in [2.05, 4.69) is 12.2 Å². The van der Waals surface area contributed by atoms with Gasteiger partial charge in [-0.3, -0.25) is 14.3 Å². The van der Waals surface area contributed by atoms with Crippen molar-refractivity contribution in [3.8, 4) is 0 Å². The molecule has 1 fully saturated rings. The first-order valence-electron chi connectivity index (χ1n) is 6.36. The van der Waals surface area contributed by atoms with Crippen molar-refractivity contribution in [1.82, 2.24) is 10.2 Å². The van der Waals surface area contributed by atoms with Gasteiger partial charge in [-0.25, -0.2) is 0 Å². The maximum Gasteiger partial charge on any atom is 0.241 e. The molecule has 1 N–H and O–H groups in total. The molecule has 0 radical (unpaired) electrons. The van der Waals surface area contributed by atoms with Crippen LogP contribution in [0.4, 0.5) is 0 Å². The molecular formula is C12H24N2O2S. The standard InChI is InChI=1S/C12H24N2O2S/c1-5-6-7-11-12(15)14(10(3)13-11)8-9(2)17(4)16/h9-11,13H,5-8H2,1-4H3. The van der Waals surface area contributed by atoms with E-state index in [0.29, 0.717) is 6.54 Å². The zero-order chi connectivity index (χ0) is 13.0. The molecule has 0 spiro atoms. The van der Waals surface area contributed by atoms with Crippen molar-refractivity contribution in [2.24, 2.45) is 0 Å². The van der Waals surface area contributed by atoms with Crippen molar-refractivity contribution in [3.05, 3.63) is 0 Å². The van der Waals surface area contributed by atoms with Crippen LogP contribution >= 0.6 is 0 Å². The number of hydrogen-bond donors (Lipinski definition) is 1. The van der Waals surface area contributed by atoms with Gasteiger partial charge in [0.25, 0.3) is 0 Å². The van der Waals surface area contributed by atoms with Gasteiger partial charge in [-0.1, -0.05) is 19.8 Å². The lowest BCUT2D eigenvalue weighted by Crippen LogP contribution is -2.40. The molecule has 1 aliphatic heterocycles. The molecule has 1 saturated heterocycles. The first kappa shape index (κ1) is 14.6. The summed E-state index contributed by atoms with van der Waals surface area (Å²) in [6, 6.07) is -0.0394. The molecule has 5 heteroatoms. The van der Waals surface area contributed by atoms with Crippen molar-refractivity contribution < 1.29 is 9.00 Å². The van der Waals surface area contributed by atoms with Crippen molar-refractivity contribution in [2.45, 2.75) is 57.5 Å². The molecule has 4 unspecified atom stereocenters. The lowest BCUT2D eigenvalue weighted by Gasteiger charge is -2.23. The Morgan fingerprint density at radius 2 is 2.18 bits per heavy atom. The summed E-state index contributed by atoms with van der Waals surface area (Å²) in [5.74, 6) is 0.170. The number of nitrogens with zero attached hydrogens (tertiary/aromatic N) is 1. The van der Waals surface area contributed by atoms with E-state index in [-0.39, 0.29) is 23.4 Å². The van der Waals surface area contributed by atoms with E-state index < -0.39 is 10.8 Å². The number of carbonyl (C=O) groups excluding carboxylic acids is 1. The molecule has 4 nitrogen and oxygen atoms in total. The van der Waals surface area contributed by atoms with Gasteiger partial charge < -0.3 is 4.90 Å². The van der Waals surface area contributed by atoms with Crippen LogP contribution in [-0.2, 0) is 15.6 Å². The Balaban J connectivity index is 2.56. The van der Waals surface area contributed by atoms with Gasteiger partial charge in [0.2, 0.25) is 5.91 Å². The predicted octanol–water partition coefficient (Wildman–Crippen LogP) is 1.09. The molecule has 0 aromatic rings. The molecule has 100 valence electrons. The smallest absolute Gasteiger partial charge is 0.241 e. The molecule has 0 saturated carbocycles. The SMILES string of the molecule is CCCCC1NC(C)N(CC(C)S(C)=O)C1=O. The minimum Gasteiger partial charge on any atom is -0.325 e. The predicted molar refractivity (Wildman–Crippen MR) is 71.2 cm³/mol. The highest BCUT2D eigenvalue weighted by atomic mass is 32.2. The first-order chi connectivity index (χ1) is 7.97. The second kappa shape index (κ2) is 6.50. The summed E-state index contributed by atoms with van der Waals surface area (Å²) in [4.78, 5) is 14.0. The van der Waals surface area contributed by atoms with E-state index in [9.17, 15) is 9.00 Å². The molecular weight excluding hydrogens is 236 g/mol. The van der Waals surface area contributed by atoms with Crippen LogP contribution in [0.1, 0.15) is 40.0 Å². The van der Waals surface area contributed by atoms with Crippen LogP contribution < -0.4 is 5.32 Å². The molecule has 17 heavy (non-hydrogen) atoms. The Morgan fingerprint density at radius 3 is 2.71 bits per heavy atom. The Morgan fingerprint density at radius 1 is 1.53 bits per heavy atom. The maximum absolute atomic E-state index is 12.1. The fourth-order valence-electron chi connectivity index (χ4n) is 2.09. The zero-order valence-corrected chi connectivity index (χ0v) is 12.0. The van der Waals surface area contributed by atoms with Crippen LogP contribution in [0.3, 0.4) is 0 Å². The molecule has 0 aromatic heterocycles. The first-order valence-corrected chi connectivity index (χ1v) is 7.98. The molecule has 0 aliphatic carbocycles. The Hall–Kier alpha value is -0.420. The van der Waals surface area contributed by atoms with Gasteiger partial charge in [0.05, 0.1) is 12.2 Å². The molecule has 1 heterocycles. The fourth-order valence-corrected chi connectivity index (χ4v) is 2.46. The second-order valence-corrected chi connectivity index (χ2v) is 6.64. The van der Waals surface area contributed by atoms with Crippen molar-refractivity contribution >= 4 is 16.7 Å². The summed E-state index contributed by atoms with van der Waals surface area (Å²) >= 11 is 0. The van der Waals surface area contributed by atoms with Crippen LogP contribution in [-0.4, -0.2) is 45.3 Å². The van der Waals surface area contributed by atoms with E-state index >= 15 is 0 Å². The lowest BCUT2D eigenvalue weighted by atomic mass is 10.1. The summed E-state index contributed by atoms with van der Waals surface area (Å²) in [6.45, 7) is 6.63. The van der Waals surface area contributed by atoms with Gasteiger partial charge in [-0.2, -0.15) is 0 Å². The van der Waals surface area contributed by atoms with E-state index in [0.717, 1.165) is 19.3 Å². The van der Waals surface area contributed by atoms with Crippen LogP contribution in [0, 0.1) is 0 Å². The fraction of sp³-hybridized carbons (Fsp3) is 0.917. The third kappa shape index (κ3) is 3.78. The van der Waals surface area contributed by atoms with E-state index in [4.69, 9.17) is 0 Å². The summed E-state index contributed by atoms with van der Waals surface area (Å²) in [7, 11) is -0.874. The number of amides is 1. The normalized spacial score (nSPS) is 28.5. The van der Waals surface area contributed by atoms with Gasteiger partial charge in [-0.05, 0) is 20.3 Å². The summed E-state index contributed by atoms with van der Waals surface area (Å²) in [5.41, 5.74) is 0. The van der Waals surface area contributed by atoms with E-state index in [1.807, 2.05) is 18.7 Å². The van der Waals surface area contributed by atoms with Gasteiger partial charge >= 0.3 is 0 Å². The van der Waals surface area contributed by atoms with E-state index in [1.165, 1.54) is 0 Å². The molecule has 1 rings (SSSR count). The van der Waals surface area contributed by atoms with Gasteiger partial charge in [-0.15, -0.1) is 0 Å². The number of hydrogen-bond acceptors (Lipinski definition) is 3. The Bertz CT molecular complexity index is 296. The Kier molecular flexibility index (Phi) is 5.59. The second-order valence-electron chi connectivity index (χ2n) is 4.84. The largest absolute Gasteiger partial charge is 0.325 e. The van der Waals surface area contributed by atoms with Crippen molar-refractivity contribution in [3.63, 3.8) is 0 Å². The monoisotopic (exact) mass is 260 g/mol.